The van der Waals surface area contributed by atoms with E-state index >= 15 is 0 Å². The second kappa shape index (κ2) is 7.46. The standard InChI is InChI=1S/C18H25N5O2/c1-12(21-16(24)13(2)22-17(25)18(3,4)5)14-6-8-15(9-7-14)23-11-19-10-20-23/h6-13H,1-5H3,(H,21,24)(H,22,25)/t12-,13+/m0/s1. The molecule has 2 atom stereocenters. The summed E-state index contributed by atoms with van der Waals surface area (Å²) >= 11 is 0. The molecule has 7 heteroatoms. The van der Waals surface area contributed by atoms with E-state index in [1.165, 1.54) is 6.33 Å². The Morgan fingerprint density at radius 1 is 1.08 bits per heavy atom. The highest BCUT2D eigenvalue weighted by Crippen LogP contribution is 2.16. The van der Waals surface area contributed by atoms with Gasteiger partial charge in [0, 0.05) is 5.41 Å². The third-order valence-corrected chi connectivity index (χ3v) is 3.86. The van der Waals surface area contributed by atoms with Crippen LogP contribution < -0.4 is 10.6 Å². The number of hydrogen-bond acceptors (Lipinski definition) is 4. The molecular weight excluding hydrogens is 318 g/mol. The van der Waals surface area contributed by atoms with Crippen molar-refractivity contribution in [1.82, 2.24) is 25.4 Å². The van der Waals surface area contributed by atoms with Crippen LogP contribution >= 0.6 is 0 Å². The van der Waals surface area contributed by atoms with E-state index in [0.29, 0.717) is 0 Å². The van der Waals surface area contributed by atoms with Gasteiger partial charge in [-0.25, -0.2) is 9.67 Å². The van der Waals surface area contributed by atoms with Gasteiger partial charge in [0.15, 0.2) is 0 Å². The summed E-state index contributed by atoms with van der Waals surface area (Å²) < 4.78 is 1.66. The molecule has 1 aromatic heterocycles. The molecule has 1 heterocycles. The predicted molar refractivity (Wildman–Crippen MR) is 95.0 cm³/mol. The first-order chi connectivity index (χ1) is 11.7. The maximum atomic E-state index is 12.3. The Bertz CT molecular complexity index is 717. The van der Waals surface area contributed by atoms with Crippen LogP contribution in [0.3, 0.4) is 0 Å². The molecule has 0 spiro atoms. The van der Waals surface area contributed by atoms with E-state index in [1.807, 2.05) is 52.0 Å². The summed E-state index contributed by atoms with van der Waals surface area (Å²) in [6.45, 7) is 9.02. The monoisotopic (exact) mass is 343 g/mol. The van der Waals surface area contributed by atoms with Crippen molar-refractivity contribution in [3.05, 3.63) is 42.5 Å². The molecule has 25 heavy (non-hydrogen) atoms. The minimum atomic E-state index is -0.594. The lowest BCUT2D eigenvalue weighted by molar-refractivity contribution is -0.133. The van der Waals surface area contributed by atoms with Crippen molar-refractivity contribution in [2.75, 3.05) is 0 Å². The molecule has 0 aliphatic carbocycles. The molecule has 1 aromatic carbocycles. The lowest BCUT2D eigenvalue weighted by Crippen LogP contribution is -2.48. The molecule has 0 aliphatic rings. The van der Waals surface area contributed by atoms with Gasteiger partial charge in [0.1, 0.15) is 18.7 Å². The van der Waals surface area contributed by atoms with Crippen molar-refractivity contribution in [3.8, 4) is 5.69 Å². The van der Waals surface area contributed by atoms with E-state index in [2.05, 4.69) is 20.7 Å². The summed E-state index contributed by atoms with van der Waals surface area (Å²) in [4.78, 5) is 28.2. The molecule has 2 aromatic rings. The number of aromatic nitrogens is 3. The second-order valence-corrected chi connectivity index (χ2v) is 7.11. The number of amides is 2. The van der Waals surface area contributed by atoms with Crippen LogP contribution in [0.15, 0.2) is 36.9 Å². The van der Waals surface area contributed by atoms with Gasteiger partial charge in [-0.3, -0.25) is 9.59 Å². The predicted octanol–water partition coefficient (Wildman–Crippen LogP) is 2.00. The third kappa shape index (κ3) is 4.89. The molecule has 2 amide bonds. The molecule has 2 rings (SSSR count). The molecule has 0 radical (unpaired) electrons. The Labute approximate surface area is 147 Å². The Hall–Kier alpha value is -2.70. The van der Waals surface area contributed by atoms with Crippen molar-refractivity contribution >= 4 is 11.8 Å². The highest BCUT2D eigenvalue weighted by molar-refractivity contribution is 5.89. The van der Waals surface area contributed by atoms with E-state index in [0.717, 1.165) is 11.3 Å². The lowest BCUT2D eigenvalue weighted by Gasteiger charge is -2.23. The van der Waals surface area contributed by atoms with Crippen LogP contribution in [-0.4, -0.2) is 32.6 Å². The Morgan fingerprint density at radius 2 is 1.72 bits per heavy atom. The molecule has 0 saturated carbocycles. The summed E-state index contributed by atoms with van der Waals surface area (Å²) in [7, 11) is 0. The first kappa shape index (κ1) is 18.6. The topological polar surface area (TPSA) is 88.9 Å². The van der Waals surface area contributed by atoms with Gasteiger partial charge in [0.05, 0.1) is 11.7 Å². The van der Waals surface area contributed by atoms with Gasteiger partial charge in [0.2, 0.25) is 11.8 Å². The smallest absolute Gasteiger partial charge is 0.242 e. The summed E-state index contributed by atoms with van der Waals surface area (Å²) in [5.74, 6) is -0.370. The molecule has 0 unspecified atom stereocenters. The summed E-state index contributed by atoms with van der Waals surface area (Å²) in [5.41, 5.74) is 1.33. The van der Waals surface area contributed by atoms with E-state index in [-0.39, 0.29) is 17.9 Å². The van der Waals surface area contributed by atoms with Crippen LogP contribution in [0.1, 0.15) is 46.2 Å². The van der Waals surface area contributed by atoms with Crippen molar-refractivity contribution in [1.29, 1.82) is 0 Å². The zero-order chi connectivity index (χ0) is 18.6. The maximum absolute atomic E-state index is 12.3. The zero-order valence-corrected chi connectivity index (χ0v) is 15.3. The Kier molecular flexibility index (Phi) is 5.56. The third-order valence-electron chi connectivity index (χ3n) is 3.86. The number of nitrogens with one attached hydrogen (secondary N) is 2. The maximum Gasteiger partial charge on any atom is 0.242 e. The fraction of sp³-hybridized carbons (Fsp3) is 0.444. The van der Waals surface area contributed by atoms with Gasteiger partial charge >= 0.3 is 0 Å². The van der Waals surface area contributed by atoms with Crippen molar-refractivity contribution < 1.29 is 9.59 Å². The first-order valence-electron chi connectivity index (χ1n) is 8.25. The number of rotatable bonds is 5. The normalized spacial score (nSPS) is 13.8. The fourth-order valence-corrected chi connectivity index (χ4v) is 2.16. The van der Waals surface area contributed by atoms with E-state index in [1.54, 1.807) is 17.9 Å². The Balaban J connectivity index is 1.95. The lowest BCUT2D eigenvalue weighted by atomic mass is 9.95. The number of carbonyl (C=O) groups is 2. The number of hydrogen-bond donors (Lipinski definition) is 2. The van der Waals surface area contributed by atoms with E-state index in [4.69, 9.17) is 0 Å². The largest absolute Gasteiger partial charge is 0.348 e. The van der Waals surface area contributed by atoms with Gasteiger partial charge in [-0.2, -0.15) is 5.10 Å². The van der Waals surface area contributed by atoms with Crippen LogP contribution in [0.25, 0.3) is 5.69 Å². The highest BCUT2D eigenvalue weighted by Gasteiger charge is 2.25. The van der Waals surface area contributed by atoms with Gasteiger partial charge in [0.25, 0.3) is 0 Å². The summed E-state index contributed by atoms with van der Waals surface area (Å²) in [5, 5.41) is 9.73. The minimum Gasteiger partial charge on any atom is -0.348 e. The van der Waals surface area contributed by atoms with Gasteiger partial charge in [-0.1, -0.05) is 32.9 Å². The average molecular weight is 343 g/mol. The van der Waals surface area contributed by atoms with E-state index < -0.39 is 11.5 Å². The molecule has 0 fully saturated rings. The molecule has 0 bridgehead atoms. The molecule has 0 aliphatic heterocycles. The summed E-state index contributed by atoms with van der Waals surface area (Å²) in [6.07, 6.45) is 3.10. The van der Waals surface area contributed by atoms with Crippen molar-refractivity contribution in [3.63, 3.8) is 0 Å². The molecule has 0 saturated heterocycles. The van der Waals surface area contributed by atoms with Gasteiger partial charge < -0.3 is 10.6 Å². The van der Waals surface area contributed by atoms with Crippen LogP contribution in [-0.2, 0) is 9.59 Å². The number of nitrogens with zero attached hydrogens (tertiary/aromatic N) is 3. The van der Waals surface area contributed by atoms with E-state index in [9.17, 15) is 9.59 Å². The second-order valence-electron chi connectivity index (χ2n) is 7.11. The fourth-order valence-electron chi connectivity index (χ4n) is 2.16. The molecule has 134 valence electrons. The first-order valence-corrected chi connectivity index (χ1v) is 8.25. The number of benzene rings is 1. The van der Waals surface area contributed by atoms with Crippen LogP contribution in [0.5, 0.6) is 0 Å². The Morgan fingerprint density at radius 3 is 2.24 bits per heavy atom. The molecular formula is C18H25N5O2. The van der Waals surface area contributed by atoms with Gasteiger partial charge in [-0.05, 0) is 31.5 Å². The van der Waals surface area contributed by atoms with Crippen LogP contribution in [0.2, 0.25) is 0 Å². The zero-order valence-electron chi connectivity index (χ0n) is 15.3. The average Bonchev–Trinajstić information content (AvgIpc) is 3.08. The highest BCUT2D eigenvalue weighted by atomic mass is 16.2. The van der Waals surface area contributed by atoms with Crippen molar-refractivity contribution in [2.45, 2.75) is 46.7 Å². The van der Waals surface area contributed by atoms with Crippen LogP contribution in [0.4, 0.5) is 0 Å². The van der Waals surface area contributed by atoms with Crippen molar-refractivity contribution in [2.24, 2.45) is 5.41 Å². The van der Waals surface area contributed by atoms with Crippen LogP contribution in [0, 0.1) is 5.41 Å². The molecule has 2 N–H and O–H groups in total. The summed E-state index contributed by atoms with van der Waals surface area (Å²) in [6, 6.07) is 6.92. The number of carbonyl (C=O) groups excluding carboxylic acids is 2. The molecule has 7 nitrogen and oxygen atoms in total. The SMILES string of the molecule is C[C@H](NC(=O)[C@@H](C)NC(=O)C(C)(C)C)c1ccc(-n2cncn2)cc1. The minimum absolute atomic E-state index is 0.153. The van der Waals surface area contributed by atoms with Gasteiger partial charge in [-0.15, -0.1) is 0 Å². The quantitative estimate of drug-likeness (QED) is 0.869.